The van der Waals surface area contributed by atoms with Crippen molar-refractivity contribution in [2.24, 2.45) is 0 Å². The van der Waals surface area contributed by atoms with Crippen LogP contribution in [0.1, 0.15) is 18.5 Å². The summed E-state index contributed by atoms with van der Waals surface area (Å²) in [6.45, 7) is 4.67. The van der Waals surface area contributed by atoms with Gasteiger partial charge < -0.3 is 19.7 Å². The van der Waals surface area contributed by atoms with Crippen LogP contribution < -0.4 is 9.64 Å². The van der Waals surface area contributed by atoms with E-state index in [1.165, 1.54) is 0 Å². The van der Waals surface area contributed by atoms with Gasteiger partial charge in [-0.2, -0.15) is 0 Å². The van der Waals surface area contributed by atoms with E-state index in [-0.39, 0.29) is 6.61 Å². The predicted molar refractivity (Wildman–Crippen MR) is 136 cm³/mol. The highest BCUT2D eigenvalue weighted by Crippen LogP contribution is 2.33. The summed E-state index contributed by atoms with van der Waals surface area (Å²) in [7, 11) is 0. The Kier molecular flexibility index (Phi) is 6.57. The summed E-state index contributed by atoms with van der Waals surface area (Å²) in [6.07, 6.45) is 5.90. The summed E-state index contributed by atoms with van der Waals surface area (Å²) in [4.78, 5) is 8.18. The molecule has 3 atom stereocenters. The summed E-state index contributed by atoms with van der Waals surface area (Å²) >= 11 is 12.4. The molecule has 2 N–H and O–H groups in total. The molecule has 6 rings (SSSR count). The molecule has 3 aliphatic heterocycles. The van der Waals surface area contributed by atoms with Gasteiger partial charge in [0.2, 0.25) is 0 Å². The maximum Gasteiger partial charge on any atom is 0.128 e. The monoisotopic (exact) mass is 485 g/mol. The summed E-state index contributed by atoms with van der Waals surface area (Å²) in [5.74, 6) is 0.804. The van der Waals surface area contributed by atoms with Gasteiger partial charge in [-0.3, -0.25) is 4.90 Å². The molecular weight excluding hydrogens is 457 g/mol. The number of piperazine rings is 1. The number of rotatable bonds is 6. The zero-order valence-corrected chi connectivity index (χ0v) is 20.2. The molecule has 0 spiro atoms. The predicted octanol–water partition coefficient (Wildman–Crippen LogP) is 5.43. The number of nitrogens with one attached hydrogen (secondary N) is 1. The first kappa shape index (κ1) is 22.6. The Morgan fingerprint density at radius 2 is 1.88 bits per heavy atom. The van der Waals surface area contributed by atoms with E-state index in [4.69, 9.17) is 27.9 Å². The SMILES string of the molecule is Cc1cc2c(OC[C@@H](O)CN3C[C@@H]4CC=CC[C@H]3CN4c3ccc(Cl)c(Cl)c3)cccc2[nH]1. The molecule has 0 saturated carbocycles. The molecule has 0 aliphatic carbocycles. The number of aromatic nitrogens is 1. The zero-order chi connectivity index (χ0) is 22.9. The summed E-state index contributed by atoms with van der Waals surface area (Å²) < 4.78 is 6.04. The summed E-state index contributed by atoms with van der Waals surface area (Å²) in [6, 6.07) is 14.6. The molecule has 33 heavy (non-hydrogen) atoms. The van der Waals surface area contributed by atoms with Gasteiger partial charge in [-0.15, -0.1) is 0 Å². The van der Waals surface area contributed by atoms with Crippen LogP contribution in [0.3, 0.4) is 0 Å². The normalized spacial score (nSPS) is 21.9. The number of aliphatic hydroxyl groups excluding tert-OH is 1. The van der Waals surface area contributed by atoms with Crippen molar-refractivity contribution in [1.29, 1.82) is 0 Å². The third-order valence-electron chi connectivity index (χ3n) is 6.66. The molecule has 1 aromatic heterocycles. The number of hydrogen-bond donors (Lipinski definition) is 2. The number of aryl methyl sites for hydroxylation is 1. The molecule has 4 heterocycles. The molecule has 1 fully saturated rings. The van der Waals surface area contributed by atoms with E-state index in [1.807, 2.05) is 43.3 Å². The van der Waals surface area contributed by atoms with Crippen LogP contribution in [-0.4, -0.2) is 59.4 Å². The number of anilines is 1. The molecule has 2 bridgehead atoms. The Hall–Kier alpha value is -2.18. The number of benzene rings is 2. The van der Waals surface area contributed by atoms with Crippen LogP contribution in [0, 0.1) is 6.92 Å². The van der Waals surface area contributed by atoms with Crippen molar-refractivity contribution in [3.05, 3.63) is 70.4 Å². The number of nitrogens with zero attached hydrogens (tertiary/aromatic N) is 2. The Labute approximate surface area is 204 Å². The van der Waals surface area contributed by atoms with Gasteiger partial charge >= 0.3 is 0 Å². The van der Waals surface area contributed by atoms with E-state index >= 15 is 0 Å². The van der Waals surface area contributed by atoms with Gasteiger partial charge in [-0.25, -0.2) is 0 Å². The van der Waals surface area contributed by atoms with E-state index < -0.39 is 6.10 Å². The lowest BCUT2D eigenvalue weighted by Crippen LogP contribution is -2.60. The third kappa shape index (κ3) is 4.87. The first-order valence-electron chi connectivity index (χ1n) is 11.5. The maximum atomic E-state index is 10.8. The lowest BCUT2D eigenvalue weighted by molar-refractivity contribution is 0.0409. The average Bonchev–Trinajstić information content (AvgIpc) is 3.16. The Morgan fingerprint density at radius 1 is 1.06 bits per heavy atom. The van der Waals surface area contributed by atoms with Crippen LogP contribution in [-0.2, 0) is 0 Å². The number of ether oxygens (including phenoxy) is 1. The summed E-state index contributed by atoms with van der Waals surface area (Å²) in [5, 5.41) is 13.1. The fourth-order valence-corrected chi connectivity index (χ4v) is 5.34. The molecule has 5 nitrogen and oxygen atoms in total. The van der Waals surface area contributed by atoms with Gasteiger partial charge in [0.25, 0.3) is 0 Å². The molecule has 1 saturated heterocycles. The lowest BCUT2D eigenvalue weighted by Gasteiger charge is -2.48. The topological polar surface area (TPSA) is 51.7 Å². The van der Waals surface area contributed by atoms with Gasteiger partial charge in [0.05, 0.1) is 10.0 Å². The molecule has 3 aromatic rings. The molecule has 174 valence electrons. The number of fused-ring (bicyclic) bond motifs is 5. The number of halogens is 2. The first-order chi connectivity index (χ1) is 16.0. The number of H-pyrrole nitrogens is 1. The molecule has 3 aliphatic rings. The zero-order valence-electron chi connectivity index (χ0n) is 18.7. The van der Waals surface area contributed by atoms with E-state index in [0.717, 1.165) is 54.0 Å². The molecule has 0 amide bonds. The summed E-state index contributed by atoms with van der Waals surface area (Å²) in [5.41, 5.74) is 3.25. The highest BCUT2D eigenvalue weighted by atomic mass is 35.5. The number of aliphatic hydroxyl groups is 1. The highest BCUT2D eigenvalue weighted by Gasteiger charge is 2.35. The van der Waals surface area contributed by atoms with E-state index in [1.54, 1.807) is 0 Å². The van der Waals surface area contributed by atoms with Gasteiger partial charge in [0.15, 0.2) is 0 Å². The van der Waals surface area contributed by atoms with E-state index in [9.17, 15) is 5.11 Å². The van der Waals surface area contributed by atoms with Crippen molar-refractivity contribution in [1.82, 2.24) is 9.88 Å². The van der Waals surface area contributed by atoms with Crippen molar-refractivity contribution in [3.8, 4) is 5.75 Å². The fourth-order valence-electron chi connectivity index (χ4n) is 5.05. The maximum absolute atomic E-state index is 10.8. The van der Waals surface area contributed by atoms with E-state index in [0.29, 0.717) is 28.7 Å². The van der Waals surface area contributed by atoms with Crippen molar-refractivity contribution >= 4 is 39.8 Å². The Morgan fingerprint density at radius 3 is 2.70 bits per heavy atom. The van der Waals surface area contributed by atoms with E-state index in [2.05, 4.69) is 33.0 Å². The van der Waals surface area contributed by atoms with Crippen LogP contribution in [0.25, 0.3) is 10.9 Å². The van der Waals surface area contributed by atoms with Crippen LogP contribution in [0.5, 0.6) is 5.75 Å². The molecule has 0 radical (unpaired) electrons. The van der Waals surface area contributed by atoms with Crippen LogP contribution in [0.15, 0.2) is 54.6 Å². The molecule has 0 unspecified atom stereocenters. The van der Waals surface area contributed by atoms with Crippen molar-refractivity contribution in [2.45, 2.75) is 38.0 Å². The molecular formula is C26H29Cl2N3O2. The minimum Gasteiger partial charge on any atom is -0.490 e. The van der Waals surface area contributed by atoms with Crippen molar-refractivity contribution in [3.63, 3.8) is 0 Å². The van der Waals surface area contributed by atoms with Gasteiger partial charge in [-0.05, 0) is 56.2 Å². The third-order valence-corrected chi connectivity index (χ3v) is 7.40. The number of hydrogen-bond acceptors (Lipinski definition) is 4. The second-order valence-electron chi connectivity index (χ2n) is 9.09. The standard InChI is InChI=1S/C26H29Cl2N3O2/c1-17-11-22-25(29-17)7-4-8-26(22)33-16-21(32)15-30-13-20-6-3-2-5-19(30)14-31(20)18-9-10-23(27)24(28)12-18/h2-4,7-12,19-21,29,32H,5-6,13-16H2,1H3/t19-,20-,21-/m0/s1. The first-order valence-corrected chi connectivity index (χ1v) is 12.2. The van der Waals surface area contributed by atoms with Crippen molar-refractivity contribution < 1.29 is 9.84 Å². The smallest absolute Gasteiger partial charge is 0.128 e. The fraction of sp³-hybridized carbons (Fsp3) is 0.385. The Balaban J connectivity index is 1.25. The van der Waals surface area contributed by atoms with Crippen molar-refractivity contribution in [2.75, 3.05) is 31.1 Å². The largest absolute Gasteiger partial charge is 0.490 e. The molecule has 2 aromatic carbocycles. The minimum atomic E-state index is -0.566. The lowest BCUT2D eigenvalue weighted by atomic mass is 9.96. The van der Waals surface area contributed by atoms with Crippen LogP contribution in [0.4, 0.5) is 5.69 Å². The van der Waals surface area contributed by atoms with Crippen LogP contribution in [0.2, 0.25) is 10.0 Å². The highest BCUT2D eigenvalue weighted by molar-refractivity contribution is 6.42. The van der Waals surface area contributed by atoms with Gasteiger partial charge in [-0.1, -0.05) is 41.4 Å². The van der Waals surface area contributed by atoms with Crippen LogP contribution >= 0.6 is 23.2 Å². The number of aromatic amines is 1. The Bertz CT molecular complexity index is 1160. The molecule has 7 heteroatoms. The second kappa shape index (κ2) is 9.59. The average molecular weight is 486 g/mol. The quantitative estimate of drug-likeness (QED) is 0.456. The second-order valence-corrected chi connectivity index (χ2v) is 9.90. The van der Waals surface area contributed by atoms with Gasteiger partial charge in [0, 0.05) is 54.0 Å². The van der Waals surface area contributed by atoms with Gasteiger partial charge in [0.1, 0.15) is 18.5 Å². The minimum absolute atomic E-state index is 0.267.